The summed E-state index contributed by atoms with van der Waals surface area (Å²) < 4.78 is 43.7. The van der Waals surface area contributed by atoms with Gasteiger partial charge in [-0.15, -0.1) is 0 Å². The number of amides is 1. The molecule has 0 bridgehead atoms. The van der Waals surface area contributed by atoms with Crippen molar-refractivity contribution in [3.05, 3.63) is 52.0 Å². The van der Waals surface area contributed by atoms with Crippen LogP contribution >= 0.6 is 34.5 Å². The summed E-state index contributed by atoms with van der Waals surface area (Å²) in [4.78, 5) is 18.0. The monoisotopic (exact) mass is 487 g/mol. The lowest BCUT2D eigenvalue weighted by Crippen LogP contribution is -2.44. The predicted octanol–water partition coefficient (Wildman–Crippen LogP) is 6.66. The van der Waals surface area contributed by atoms with Crippen molar-refractivity contribution in [1.29, 1.82) is 0 Å². The number of thiazole rings is 1. The summed E-state index contributed by atoms with van der Waals surface area (Å²) in [5.41, 5.74) is -0.809. The minimum absolute atomic E-state index is 0.0528. The molecule has 1 aliphatic heterocycles. The van der Waals surface area contributed by atoms with E-state index in [0.717, 1.165) is 4.70 Å². The summed E-state index contributed by atoms with van der Waals surface area (Å²) in [5.74, 6) is -0.141. The van der Waals surface area contributed by atoms with Gasteiger partial charge in [0.25, 0.3) is 0 Å². The zero-order valence-electron chi connectivity index (χ0n) is 16.4. The number of aromatic nitrogens is 1. The van der Waals surface area contributed by atoms with Crippen LogP contribution in [0.25, 0.3) is 10.2 Å². The van der Waals surface area contributed by atoms with Crippen molar-refractivity contribution >= 4 is 61.5 Å². The molecule has 0 radical (unpaired) electrons. The second kappa shape index (κ2) is 8.15. The molecule has 1 N–H and O–H groups in total. The molecule has 4 rings (SSSR count). The molecule has 10 heteroatoms. The molecule has 1 aromatic heterocycles. The van der Waals surface area contributed by atoms with Crippen molar-refractivity contribution in [2.45, 2.75) is 31.4 Å². The van der Waals surface area contributed by atoms with E-state index in [1.54, 1.807) is 30.0 Å². The minimum atomic E-state index is -4.49. The maximum Gasteiger partial charge on any atom is 0.400 e. The van der Waals surface area contributed by atoms with Crippen molar-refractivity contribution in [2.75, 3.05) is 23.3 Å². The fraction of sp³-hybridized carbons (Fsp3) is 0.333. The third-order valence-electron chi connectivity index (χ3n) is 5.50. The number of nitrogens with one attached hydrogen (secondary N) is 1. The van der Waals surface area contributed by atoms with Crippen molar-refractivity contribution < 1.29 is 18.0 Å². The summed E-state index contributed by atoms with van der Waals surface area (Å²) in [5, 5.41) is 3.64. The third-order valence-corrected chi connectivity index (χ3v) is 7.10. The Morgan fingerprint density at radius 2 is 1.97 bits per heavy atom. The van der Waals surface area contributed by atoms with Gasteiger partial charge in [-0.2, -0.15) is 13.2 Å². The van der Waals surface area contributed by atoms with Crippen molar-refractivity contribution in [3.8, 4) is 0 Å². The van der Waals surface area contributed by atoms with E-state index < -0.39 is 11.6 Å². The van der Waals surface area contributed by atoms with Gasteiger partial charge in [0.05, 0.1) is 15.9 Å². The standard InChI is InChI=1S/C21H18Cl2F3N3OS/c1-2-17(30)27-15-4-3-5-16-18(15)31-19(28-16)29-7-6-20(11-29,21(24,25)26)12-8-13(22)10-14(23)9-12/h3-5,8-10H,2,6-7,11H2,1H3,(H,27,30). The highest BCUT2D eigenvalue weighted by molar-refractivity contribution is 7.22. The number of carbonyl (C=O) groups excluding carboxylic acids is 1. The molecular weight excluding hydrogens is 470 g/mol. The Morgan fingerprint density at radius 1 is 1.26 bits per heavy atom. The van der Waals surface area contributed by atoms with Crippen LogP contribution in [-0.2, 0) is 10.2 Å². The quantitative estimate of drug-likeness (QED) is 0.447. The SMILES string of the molecule is CCC(=O)Nc1cccc2nc(N3CCC(c4cc(Cl)cc(Cl)c4)(C(F)(F)F)C3)sc12. The zero-order valence-corrected chi connectivity index (χ0v) is 18.7. The van der Waals surface area contributed by atoms with Gasteiger partial charge in [-0.1, -0.05) is 47.5 Å². The van der Waals surface area contributed by atoms with Crippen LogP contribution in [0.2, 0.25) is 10.0 Å². The Hall–Kier alpha value is -2.03. The first-order valence-electron chi connectivity index (χ1n) is 9.60. The molecule has 1 fully saturated rings. The van der Waals surface area contributed by atoms with E-state index in [1.807, 2.05) is 0 Å². The molecule has 31 heavy (non-hydrogen) atoms. The minimum Gasteiger partial charge on any atom is -0.347 e. The maximum absolute atomic E-state index is 14.3. The lowest BCUT2D eigenvalue weighted by Gasteiger charge is -2.32. The van der Waals surface area contributed by atoms with Gasteiger partial charge in [-0.25, -0.2) is 4.98 Å². The van der Waals surface area contributed by atoms with Gasteiger partial charge in [0.15, 0.2) is 5.13 Å². The molecule has 3 aromatic rings. The van der Waals surface area contributed by atoms with Gasteiger partial charge in [-0.05, 0) is 42.3 Å². The molecule has 4 nitrogen and oxygen atoms in total. The van der Waals surface area contributed by atoms with Crippen LogP contribution in [0.1, 0.15) is 25.3 Å². The number of alkyl halides is 3. The molecular formula is C21H18Cl2F3N3OS. The third kappa shape index (κ3) is 4.08. The number of rotatable bonds is 4. The number of hydrogen-bond donors (Lipinski definition) is 1. The Balaban J connectivity index is 1.71. The van der Waals surface area contributed by atoms with E-state index in [0.29, 0.717) is 22.8 Å². The Kier molecular flexibility index (Phi) is 5.83. The summed E-state index contributed by atoms with van der Waals surface area (Å²) in [6.07, 6.45) is -4.31. The van der Waals surface area contributed by atoms with Crippen LogP contribution in [0.3, 0.4) is 0 Å². The van der Waals surface area contributed by atoms with Crippen LogP contribution in [0, 0.1) is 0 Å². The Morgan fingerprint density at radius 3 is 2.61 bits per heavy atom. The van der Waals surface area contributed by atoms with Gasteiger partial charge in [-0.3, -0.25) is 4.79 Å². The molecule has 1 aliphatic rings. The number of carbonyl (C=O) groups is 1. The average molecular weight is 488 g/mol. The fourth-order valence-electron chi connectivity index (χ4n) is 3.84. The molecule has 1 atom stereocenters. The van der Waals surface area contributed by atoms with Crippen molar-refractivity contribution in [3.63, 3.8) is 0 Å². The van der Waals surface area contributed by atoms with E-state index in [4.69, 9.17) is 23.2 Å². The van der Waals surface area contributed by atoms with Crippen molar-refractivity contribution in [2.24, 2.45) is 0 Å². The predicted molar refractivity (Wildman–Crippen MR) is 120 cm³/mol. The van der Waals surface area contributed by atoms with Gasteiger partial charge in [0.2, 0.25) is 5.91 Å². The summed E-state index contributed by atoms with van der Waals surface area (Å²) >= 11 is 13.3. The molecule has 164 valence electrons. The number of halogens is 5. The van der Waals surface area contributed by atoms with E-state index in [2.05, 4.69) is 10.3 Å². The highest BCUT2D eigenvalue weighted by Gasteiger charge is 2.59. The van der Waals surface area contributed by atoms with Crippen LogP contribution in [-0.4, -0.2) is 30.2 Å². The lowest BCUT2D eigenvalue weighted by atomic mass is 9.79. The van der Waals surface area contributed by atoms with Crippen LogP contribution in [0.4, 0.5) is 24.0 Å². The van der Waals surface area contributed by atoms with Gasteiger partial charge in [0.1, 0.15) is 5.41 Å². The summed E-state index contributed by atoms with van der Waals surface area (Å²) in [6.45, 7) is 1.64. The van der Waals surface area contributed by atoms with Crippen LogP contribution in [0.5, 0.6) is 0 Å². The van der Waals surface area contributed by atoms with Gasteiger partial charge < -0.3 is 10.2 Å². The largest absolute Gasteiger partial charge is 0.400 e. The number of fused-ring (bicyclic) bond motifs is 1. The molecule has 0 aliphatic carbocycles. The highest BCUT2D eigenvalue weighted by Crippen LogP contribution is 2.50. The van der Waals surface area contributed by atoms with Crippen molar-refractivity contribution in [1.82, 2.24) is 4.98 Å². The second-order valence-corrected chi connectivity index (χ2v) is 9.31. The molecule has 1 unspecified atom stereocenters. The summed E-state index contributed by atoms with van der Waals surface area (Å²) in [6, 6.07) is 9.39. The Bertz CT molecular complexity index is 1130. The van der Waals surface area contributed by atoms with E-state index in [9.17, 15) is 18.0 Å². The average Bonchev–Trinajstić information content (AvgIpc) is 3.32. The molecule has 1 amide bonds. The molecule has 1 saturated heterocycles. The fourth-order valence-corrected chi connectivity index (χ4v) is 5.43. The number of nitrogens with zero attached hydrogens (tertiary/aromatic N) is 2. The zero-order chi connectivity index (χ0) is 22.4. The number of hydrogen-bond acceptors (Lipinski definition) is 4. The molecule has 2 heterocycles. The second-order valence-electron chi connectivity index (χ2n) is 7.46. The van der Waals surface area contributed by atoms with Gasteiger partial charge >= 0.3 is 6.18 Å². The molecule has 0 spiro atoms. The first kappa shape index (κ1) is 22.2. The molecule has 2 aromatic carbocycles. The molecule has 0 saturated carbocycles. The first-order valence-corrected chi connectivity index (χ1v) is 11.2. The van der Waals surface area contributed by atoms with Crippen LogP contribution < -0.4 is 10.2 Å². The maximum atomic E-state index is 14.3. The topological polar surface area (TPSA) is 45.2 Å². The number of benzene rings is 2. The smallest absolute Gasteiger partial charge is 0.347 e. The lowest BCUT2D eigenvalue weighted by molar-refractivity contribution is -0.184. The number of anilines is 2. The van der Waals surface area contributed by atoms with E-state index in [-0.39, 0.29) is 41.0 Å². The normalized spacial score (nSPS) is 19.2. The highest BCUT2D eigenvalue weighted by atomic mass is 35.5. The van der Waals surface area contributed by atoms with E-state index in [1.165, 1.54) is 29.5 Å². The van der Waals surface area contributed by atoms with Crippen LogP contribution in [0.15, 0.2) is 36.4 Å². The summed E-state index contributed by atoms with van der Waals surface area (Å²) in [7, 11) is 0. The first-order chi connectivity index (χ1) is 14.6. The van der Waals surface area contributed by atoms with Gasteiger partial charge in [0, 0.05) is 29.6 Å². The Labute approximate surface area is 191 Å². The van der Waals surface area contributed by atoms with E-state index >= 15 is 0 Å².